The molecule has 1 aromatic rings. The molecule has 0 spiro atoms. The van der Waals surface area contributed by atoms with Crippen LogP contribution in [-0.4, -0.2) is 41.4 Å². The highest BCUT2D eigenvalue weighted by Gasteiger charge is 2.18. The van der Waals surface area contributed by atoms with Crippen LogP contribution in [0.25, 0.3) is 0 Å². The predicted molar refractivity (Wildman–Crippen MR) is 87.7 cm³/mol. The molecule has 0 unspecified atom stereocenters. The molecular formula is C14H25N5OS. The number of hydrogen-bond donors (Lipinski definition) is 3. The van der Waals surface area contributed by atoms with Crippen molar-refractivity contribution in [1.29, 1.82) is 0 Å². The largest absolute Gasteiger partial charge is 0.382 e. The van der Waals surface area contributed by atoms with E-state index in [1.165, 1.54) is 43.6 Å². The molecule has 0 bridgehead atoms. The molecule has 21 heavy (non-hydrogen) atoms. The van der Waals surface area contributed by atoms with Crippen molar-refractivity contribution >= 4 is 28.3 Å². The average Bonchev–Trinajstić information content (AvgIpc) is 2.85. The first kappa shape index (κ1) is 16.0. The Morgan fingerprint density at radius 2 is 2.14 bits per heavy atom. The van der Waals surface area contributed by atoms with Gasteiger partial charge in [0.05, 0.1) is 0 Å². The molecule has 1 aliphatic rings. The number of carbonyl (C=O) groups excluding carboxylic acids is 1. The first-order valence-electron chi connectivity index (χ1n) is 7.58. The molecular weight excluding hydrogens is 286 g/mol. The van der Waals surface area contributed by atoms with E-state index in [0.29, 0.717) is 10.6 Å². The molecule has 1 aromatic heterocycles. The van der Waals surface area contributed by atoms with Crippen molar-refractivity contribution in [2.75, 3.05) is 31.2 Å². The van der Waals surface area contributed by atoms with Crippen molar-refractivity contribution in [1.82, 2.24) is 9.27 Å². The zero-order chi connectivity index (χ0) is 15.2. The minimum absolute atomic E-state index is 0.217. The summed E-state index contributed by atoms with van der Waals surface area (Å²) >= 11 is 1.19. The van der Waals surface area contributed by atoms with Crippen LogP contribution in [0.5, 0.6) is 0 Å². The van der Waals surface area contributed by atoms with E-state index in [1.54, 1.807) is 0 Å². The van der Waals surface area contributed by atoms with Crippen molar-refractivity contribution in [3.63, 3.8) is 0 Å². The quantitative estimate of drug-likeness (QED) is 0.668. The fourth-order valence-corrected chi connectivity index (χ4v) is 3.64. The lowest BCUT2D eigenvalue weighted by Gasteiger charge is -2.31. The Hall–Kier alpha value is -1.34. The number of amides is 1. The van der Waals surface area contributed by atoms with Gasteiger partial charge in [0, 0.05) is 12.6 Å². The summed E-state index contributed by atoms with van der Waals surface area (Å²) in [6.45, 7) is 1.84. The average molecular weight is 311 g/mol. The summed E-state index contributed by atoms with van der Waals surface area (Å²) in [5.74, 6) is -0.308. The van der Waals surface area contributed by atoms with Gasteiger partial charge in [0.15, 0.2) is 5.82 Å². The first-order valence-corrected chi connectivity index (χ1v) is 8.36. The second kappa shape index (κ2) is 7.61. The number of nitrogens with one attached hydrogen (secondary N) is 1. The Bertz CT molecular complexity index is 470. The third-order valence-corrected chi connectivity index (χ3v) is 4.96. The number of nitrogens with two attached hydrogens (primary N) is 2. The third-order valence-electron chi connectivity index (χ3n) is 4.14. The number of hydrogen-bond acceptors (Lipinski definition) is 6. The Labute approximate surface area is 130 Å². The molecule has 0 radical (unpaired) electrons. The Balaban J connectivity index is 1.73. The highest BCUT2D eigenvalue weighted by molar-refractivity contribution is 7.11. The lowest BCUT2D eigenvalue weighted by atomic mass is 9.94. The summed E-state index contributed by atoms with van der Waals surface area (Å²) in [6.07, 6.45) is 7.75. The molecule has 0 aliphatic heterocycles. The van der Waals surface area contributed by atoms with Crippen molar-refractivity contribution in [3.8, 4) is 0 Å². The Kier molecular flexibility index (Phi) is 5.81. The molecule has 2 rings (SSSR count). The summed E-state index contributed by atoms with van der Waals surface area (Å²) in [4.78, 5) is 13.8. The Morgan fingerprint density at radius 3 is 2.81 bits per heavy atom. The van der Waals surface area contributed by atoms with Crippen molar-refractivity contribution in [3.05, 3.63) is 5.56 Å². The third kappa shape index (κ3) is 4.31. The van der Waals surface area contributed by atoms with Crippen LogP contribution < -0.4 is 16.8 Å². The number of nitrogen functional groups attached to an aromatic ring is 1. The van der Waals surface area contributed by atoms with Crippen LogP contribution in [0, 0.1) is 0 Å². The zero-order valence-electron chi connectivity index (χ0n) is 12.6. The molecule has 1 amide bonds. The molecule has 0 aromatic carbocycles. The second-order valence-corrected chi connectivity index (χ2v) is 6.46. The van der Waals surface area contributed by atoms with Crippen molar-refractivity contribution < 1.29 is 4.79 Å². The van der Waals surface area contributed by atoms with Gasteiger partial charge in [0.2, 0.25) is 0 Å². The van der Waals surface area contributed by atoms with Gasteiger partial charge >= 0.3 is 0 Å². The summed E-state index contributed by atoms with van der Waals surface area (Å²) < 4.78 is 3.97. The standard InChI is InChI=1S/C14H25N5OS/c1-19(10-6-3-2-4-7-10)9-5-8-17-14-11(13(16)20)12(15)18-21-14/h10,17H,2-9H2,1H3,(H2,15,18)(H2,16,20). The van der Waals surface area contributed by atoms with E-state index in [1.807, 2.05) is 0 Å². The fourth-order valence-electron chi connectivity index (χ4n) is 2.90. The van der Waals surface area contributed by atoms with E-state index in [2.05, 4.69) is 21.6 Å². The smallest absolute Gasteiger partial charge is 0.255 e. The minimum Gasteiger partial charge on any atom is -0.382 e. The van der Waals surface area contributed by atoms with Crippen LogP contribution in [0.15, 0.2) is 0 Å². The van der Waals surface area contributed by atoms with Crippen LogP contribution in [0.1, 0.15) is 48.9 Å². The fraction of sp³-hybridized carbons (Fsp3) is 0.714. The van der Waals surface area contributed by atoms with Crippen LogP contribution in [0.4, 0.5) is 10.8 Å². The summed E-state index contributed by atoms with van der Waals surface area (Å²) in [5.41, 5.74) is 11.3. The molecule has 1 fully saturated rings. The molecule has 0 saturated heterocycles. The second-order valence-electron chi connectivity index (χ2n) is 5.69. The van der Waals surface area contributed by atoms with Gasteiger partial charge in [0.25, 0.3) is 5.91 Å². The molecule has 0 atom stereocenters. The number of rotatable bonds is 7. The van der Waals surface area contributed by atoms with Crippen molar-refractivity contribution in [2.45, 2.75) is 44.6 Å². The molecule has 5 N–H and O–H groups in total. The number of anilines is 2. The van der Waals surface area contributed by atoms with Crippen LogP contribution in [0.3, 0.4) is 0 Å². The highest BCUT2D eigenvalue weighted by Crippen LogP contribution is 2.26. The van der Waals surface area contributed by atoms with Gasteiger partial charge in [-0.05, 0) is 44.4 Å². The topological polar surface area (TPSA) is 97.3 Å². The maximum Gasteiger partial charge on any atom is 0.255 e. The van der Waals surface area contributed by atoms with E-state index in [9.17, 15) is 4.79 Å². The molecule has 1 saturated carbocycles. The minimum atomic E-state index is -0.525. The SMILES string of the molecule is CN(CCCNc1snc(N)c1C(N)=O)C1CCCCC1. The molecule has 6 nitrogen and oxygen atoms in total. The number of primary amides is 1. The number of nitrogens with zero attached hydrogens (tertiary/aromatic N) is 2. The van der Waals surface area contributed by atoms with E-state index in [0.717, 1.165) is 25.6 Å². The van der Waals surface area contributed by atoms with E-state index < -0.39 is 5.91 Å². The number of aromatic nitrogens is 1. The lowest BCUT2D eigenvalue weighted by Crippen LogP contribution is -2.34. The first-order chi connectivity index (χ1) is 10.1. The molecule has 1 aliphatic carbocycles. The van der Waals surface area contributed by atoms with Crippen molar-refractivity contribution in [2.24, 2.45) is 5.73 Å². The highest BCUT2D eigenvalue weighted by atomic mass is 32.1. The van der Waals surface area contributed by atoms with E-state index in [4.69, 9.17) is 11.5 Å². The number of carbonyl (C=O) groups is 1. The molecule has 1 heterocycles. The summed E-state index contributed by atoms with van der Waals surface area (Å²) in [6, 6.07) is 0.735. The normalized spacial score (nSPS) is 16.3. The van der Waals surface area contributed by atoms with Crippen LogP contribution in [0.2, 0.25) is 0 Å². The van der Waals surface area contributed by atoms with Gasteiger partial charge in [-0.1, -0.05) is 19.3 Å². The maximum atomic E-state index is 11.3. The van der Waals surface area contributed by atoms with Gasteiger partial charge in [-0.3, -0.25) is 4.79 Å². The van der Waals surface area contributed by atoms with E-state index >= 15 is 0 Å². The van der Waals surface area contributed by atoms with E-state index in [-0.39, 0.29) is 5.82 Å². The molecule has 118 valence electrons. The lowest BCUT2D eigenvalue weighted by molar-refractivity contribution is 0.100. The van der Waals surface area contributed by atoms with Gasteiger partial charge in [0.1, 0.15) is 10.6 Å². The van der Waals surface area contributed by atoms with Gasteiger partial charge in [-0.2, -0.15) is 4.37 Å². The van der Waals surface area contributed by atoms with Crippen LogP contribution in [-0.2, 0) is 0 Å². The molecule has 7 heteroatoms. The Morgan fingerprint density at radius 1 is 1.43 bits per heavy atom. The van der Waals surface area contributed by atoms with Gasteiger partial charge in [-0.25, -0.2) is 0 Å². The zero-order valence-corrected chi connectivity index (χ0v) is 13.4. The van der Waals surface area contributed by atoms with Crippen LogP contribution >= 0.6 is 11.5 Å². The summed E-state index contributed by atoms with van der Waals surface area (Å²) in [7, 11) is 2.20. The predicted octanol–water partition coefficient (Wildman–Crippen LogP) is 1.89. The van der Waals surface area contributed by atoms with Gasteiger partial charge < -0.3 is 21.7 Å². The van der Waals surface area contributed by atoms with Gasteiger partial charge in [-0.15, -0.1) is 0 Å². The summed E-state index contributed by atoms with van der Waals surface area (Å²) in [5, 5.41) is 3.90. The monoisotopic (exact) mass is 311 g/mol. The maximum absolute atomic E-state index is 11.3.